The average Bonchev–Trinajstić information content (AvgIpc) is 2.41. The van der Waals surface area contributed by atoms with Crippen molar-refractivity contribution in [1.29, 1.82) is 0 Å². The first kappa shape index (κ1) is 14.0. The summed E-state index contributed by atoms with van der Waals surface area (Å²) < 4.78 is 13.4. The molecular weight excluding hydrogens is 253 g/mol. The van der Waals surface area contributed by atoms with E-state index >= 15 is 0 Å². The van der Waals surface area contributed by atoms with Crippen LogP contribution in [-0.2, 0) is 4.79 Å². The highest BCUT2D eigenvalue weighted by Gasteiger charge is 2.01. The number of benzene rings is 2. The molecule has 20 heavy (non-hydrogen) atoms. The second-order valence-electron chi connectivity index (χ2n) is 4.70. The molecule has 0 radical (unpaired) electrons. The first-order valence-electron chi connectivity index (χ1n) is 6.36. The summed E-state index contributed by atoms with van der Waals surface area (Å²) in [5, 5.41) is 2.63. The maximum absolute atomic E-state index is 13.4. The van der Waals surface area contributed by atoms with E-state index in [9.17, 15) is 9.18 Å². The molecule has 0 aliphatic heterocycles. The van der Waals surface area contributed by atoms with Crippen LogP contribution in [0.15, 0.2) is 48.5 Å². The summed E-state index contributed by atoms with van der Waals surface area (Å²) in [6.07, 6.45) is 3.17. The topological polar surface area (TPSA) is 29.1 Å². The van der Waals surface area contributed by atoms with E-state index < -0.39 is 0 Å². The van der Waals surface area contributed by atoms with E-state index in [1.165, 1.54) is 12.1 Å². The molecule has 0 bridgehead atoms. The Kier molecular flexibility index (Phi) is 4.31. The third kappa shape index (κ3) is 3.79. The Hall–Kier alpha value is -2.42. The van der Waals surface area contributed by atoms with Crippen LogP contribution in [0.4, 0.5) is 10.1 Å². The summed E-state index contributed by atoms with van der Waals surface area (Å²) in [7, 11) is 0. The van der Waals surface area contributed by atoms with Crippen LogP contribution >= 0.6 is 0 Å². The van der Waals surface area contributed by atoms with Crippen LogP contribution in [-0.4, -0.2) is 5.91 Å². The lowest BCUT2D eigenvalue weighted by Gasteiger charge is -2.03. The number of aryl methyl sites for hydroxylation is 2. The van der Waals surface area contributed by atoms with Gasteiger partial charge < -0.3 is 5.32 Å². The van der Waals surface area contributed by atoms with Crippen LogP contribution in [0.25, 0.3) is 6.08 Å². The van der Waals surface area contributed by atoms with Gasteiger partial charge in [0.1, 0.15) is 5.82 Å². The first-order chi connectivity index (χ1) is 9.54. The van der Waals surface area contributed by atoms with Gasteiger partial charge >= 0.3 is 0 Å². The van der Waals surface area contributed by atoms with E-state index in [-0.39, 0.29) is 11.7 Å². The van der Waals surface area contributed by atoms with Gasteiger partial charge in [-0.1, -0.05) is 35.9 Å². The molecule has 0 heterocycles. The van der Waals surface area contributed by atoms with Crippen molar-refractivity contribution in [3.63, 3.8) is 0 Å². The van der Waals surface area contributed by atoms with Crippen LogP contribution in [0, 0.1) is 19.7 Å². The Bertz CT molecular complexity index is 662. The van der Waals surface area contributed by atoms with Crippen molar-refractivity contribution in [2.45, 2.75) is 13.8 Å². The Morgan fingerprint density at radius 3 is 2.65 bits per heavy atom. The minimum absolute atomic E-state index is 0.283. The minimum Gasteiger partial charge on any atom is -0.322 e. The van der Waals surface area contributed by atoms with Gasteiger partial charge in [-0.3, -0.25) is 4.79 Å². The third-order valence-corrected chi connectivity index (χ3v) is 2.91. The van der Waals surface area contributed by atoms with Gasteiger partial charge in [0.25, 0.3) is 0 Å². The van der Waals surface area contributed by atoms with Crippen molar-refractivity contribution in [1.82, 2.24) is 0 Å². The van der Waals surface area contributed by atoms with Crippen molar-refractivity contribution >= 4 is 17.7 Å². The zero-order valence-electron chi connectivity index (χ0n) is 11.5. The molecule has 1 amide bonds. The molecule has 3 heteroatoms. The predicted octanol–water partition coefficient (Wildman–Crippen LogP) is 4.09. The maximum Gasteiger partial charge on any atom is 0.248 e. The molecule has 102 valence electrons. The number of hydrogen-bond acceptors (Lipinski definition) is 1. The molecule has 0 aromatic heterocycles. The Morgan fingerprint density at radius 2 is 1.95 bits per heavy atom. The van der Waals surface area contributed by atoms with Gasteiger partial charge in [0.15, 0.2) is 0 Å². The summed E-state index contributed by atoms with van der Waals surface area (Å²) in [5.41, 5.74) is 3.09. The number of carbonyl (C=O) groups is 1. The Morgan fingerprint density at radius 1 is 1.15 bits per heavy atom. The van der Waals surface area contributed by atoms with Crippen molar-refractivity contribution in [3.8, 4) is 0 Å². The summed E-state index contributed by atoms with van der Waals surface area (Å²) in [6.45, 7) is 3.67. The molecule has 0 unspecified atom stereocenters. The van der Waals surface area contributed by atoms with Crippen molar-refractivity contribution in [2.75, 3.05) is 5.32 Å². The fourth-order valence-electron chi connectivity index (χ4n) is 1.80. The molecule has 1 N–H and O–H groups in total. The standard InChI is InChI=1S/C17H16FNO/c1-12-4-3-5-14(10-12)7-9-17(20)19-15-8-6-13(2)16(18)11-15/h3-11H,1-2H3,(H,19,20)/b9-7-. The third-order valence-electron chi connectivity index (χ3n) is 2.91. The van der Waals surface area contributed by atoms with Crippen LogP contribution < -0.4 is 5.32 Å². The van der Waals surface area contributed by atoms with E-state index in [0.29, 0.717) is 11.3 Å². The van der Waals surface area contributed by atoms with Crippen molar-refractivity contribution in [3.05, 3.63) is 71.0 Å². The van der Waals surface area contributed by atoms with Gasteiger partial charge in [0, 0.05) is 11.8 Å². The molecule has 0 aliphatic rings. The fraction of sp³-hybridized carbons (Fsp3) is 0.118. The van der Waals surface area contributed by atoms with Gasteiger partial charge in [-0.2, -0.15) is 0 Å². The normalized spacial score (nSPS) is 10.8. The lowest BCUT2D eigenvalue weighted by Crippen LogP contribution is -2.08. The van der Waals surface area contributed by atoms with E-state index in [1.807, 2.05) is 31.2 Å². The summed E-state index contributed by atoms with van der Waals surface area (Å²) >= 11 is 0. The number of halogens is 1. The lowest BCUT2D eigenvalue weighted by molar-refractivity contribution is -0.111. The van der Waals surface area contributed by atoms with Gasteiger partial charge in [0.05, 0.1) is 0 Å². The quantitative estimate of drug-likeness (QED) is 0.835. The van der Waals surface area contributed by atoms with Crippen LogP contribution in [0.5, 0.6) is 0 Å². The highest BCUT2D eigenvalue weighted by atomic mass is 19.1. The maximum atomic E-state index is 13.4. The number of hydrogen-bond donors (Lipinski definition) is 1. The Labute approximate surface area is 118 Å². The molecule has 2 aromatic carbocycles. The van der Waals surface area contributed by atoms with Gasteiger partial charge in [-0.05, 0) is 43.2 Å². The van der Waals surface area contributed by atoms with Crippen LogP contribution in [0.1, 0.15) is 16.7 Å². The zero-order valence-corrected chi connectivity index (χ0v) is 11.5. The zero-order chi connectivity index (χ0) is 14.5. The smallest absolute Gasteiger partial charge is 0.248 e. The molecule has 2 aromatic rings. The van der Waals surface area contributed by atoms with Gasteiger partial charge in [-0.15, -0.1) is 0 Å². The van der Waals surface area contributed by atoms with Gasteiger partial charge in [0.2, 0.25) is 5.91 Å². The highest BCUT2D eigenvalue weighted by Crippen LogP contribution is 2.13. The molecular formula is C17H16FNO. The number of nitrogens with one attached hydrogen (secondary N) is 1. The number of rotatable bonds is 3. The summed E-state index contributed by atoms with van der Waals surface area (Å²) in [4.78, 5) is 11.7. The SMILES string of the molecule is Cc1cccc(/C=C\C(=O)Nc2ccc(C)c(F)c2)c1. The molecule has 2 rings (SSSR count). The largest absolute Gasteiger partial charge is 0.322 e. The highest BCUT2D eigenvalue weighted by molar-refractivity contribution is 6.01. The van der Waals surface area contributed by atoms with E-state index in [2.05, 4.69) is 5.32 Å². The molecule has 0 spiro atoms. The minimum atomic E-state index is -0.328. The second-order valence-corrected chi connectivity index (χ2v) is 4.70. The second kappa shape index (κ2) is 6.15. The van der Waals surface area contributed by atoms with E-state index in [4.69, 9.17) is 0 Å². The van der Waals surface area contributed by atoms with E-state index in [1.54, 1.807) is 25.1 Å². The van der Waals surface area contributed by atoms with Crippen molar-refractivity contribution in [2.24, 2.45) is 0 Å². The molecule has 0 aliphatic carbocycles. The molecule has 0 atom stereocenters. The fourth-order valence-corrected chi connectivity index (χ4v) is 1.80. The number of amides is 1. The molecule has 0 saturated carbocycles. The monoisotopic (exact) mass is 269 g/mol. The summed E-state index contributed by atoms with van der Waals surface area (Å²) in [5.74, 6) is -0.611. The average molecular weight is 269 g/mol. The first-order valence-corrected chi connectivity index (χ1v) is 6.36. The van der Waals surface area contributed by atoms with Crippen LogP contribution in [0.3, 0.4) is 0 Å². The number of anilines is 1. The molecule has 2 nitrogen and oxygen atoms in total. The van der Waals surface area contributed by atoms with Crippen LogP contribution in [0.2, 0.25) is 0 Å². The number of carbonyl (C=O) groups excluding carboxylic acids is 1. The molecule has 0 saturated heterocycles. The molecule has 0 fully saturated rings. The van der Waals surface area contributed by atoms with Crippen molar-refractivity contribution < 1.29 is 9.18 Å². The summed E-state index contributed by atoms with van der Waals surface area (Å²) in [6, 6.07) is 12.5. The van der Waals surface area contributed by atoms with E-state index in [0.717, 1.165) is 11.1 Å². The van der Waals surface area contributed by atoms with Gasteiger partial charge in [-0.25, -0.2) is 4.39 Å². The predicted molar refractivity (Wildman–Crippen MR) is 80.0 cm³/mol. The lowest BCUT2D eigenvalue weighted by atomic mass is 10.1. The Balaban J connectivity index is 2.03.